The van der Waals surface area contributed by atoms with Crippen molar-refractivity contribution in [3.63, 3.8) is 0 Å². The Morgan fingerprint density at radius 1 is 1.11 bits per heavy atom. The lowest BCUT2D eigenvalue weighted by Gasteiger charge is -2.28. The summed E-state index contributed by atoms with van der Waals surface area (Å²) in [6, 6.07) is 1.75. The Labute approximate surface area is 110 Å². The van der Waals surface area contributed by atoms with Crippen LogP contribution in [-0.2, 0) is 14.3 Å². The topological polar surface area (TPSA) is 75.6 Å². The molecular weight excluding hydrogens is 248 g/mol. The lowest BCUT2D eigenvalue weighted by molar-refractivity contribution is -0.121. The predicted octanol–water partition coefficient (Wildman–Crippen LogP) is -0.381. The summed E-state index contributed by atoms with van der Waals surface area (Å²) in [5, 5.41) is 0. The summed E-state index contributed by atoms with van der Waals surface area (Å²) < 4.78 is 5.29. The number of carbonyl (C=O) groups excluding carboxylic acids is 2. The highest BCUT2D eigenvalue weighted by atomic mass is 16.5. The Morgan fingerprint density at radius 2 is 1.84 bits per heavy atom. The van der Waals surface area contributed by atoms with Crippen LogP contribution in [0.15, 0.2) is 12.4 Å². The largest absolute Gasteiger partial charge is 0.378 e. The molecule has 2 fully saturated rings. The number of hydrogen-bond donors (Lipinski definition) is 0. The molecular formula is C12H14N4O3. The first-order valence-corrected chi connectivity index (χ1v) is 6.21. The molecule has 1 aromatic heterocycles. The van der Waals surface area contributed by atoms with E-state index in [-0.39, 0.29) is 24.7 Å². The summed E-state index contributed by atoms with van der Waals surface area (Å²) in [7, 11) is 0. The van der Waals surface area contributed by atoms with E-state index in [1.807, 2.05) is 0 Å². The van der Waals surface area contributed by atoms with Gasteiger partial charge in [-0.15, -0.1) is 0 Å². The van der Waals surface area contributed by atoms with Gasteiger partial charge in [-0.1, -0.05) is 0 Å². The smallest absolute Gasteiger partial charge is 0.236 e. The number of ketones is 1. The summed E-state index contributed by atoms with van der Waals surface area (Å²) in [6.07, 6.45) is 1.40. The van der Waals surface area contributed by atoms with Gasteiger partial charge in [-0.2, -0.15) is 0 Å². The van der Waals surface area contributed by atoms with Gasteiger partial charge in [0.2, 0.25) is 5.91 Å². The maximum atomic E-state index is 11.7. The number of Topliss-reactive ketones (excluding diaryl/α,β-unsaturated/α-hetero) is 1. The lowest BCUT2D eigenvalue weighted by atomic mass is 10.3. The number of carbonyl (C=O) groups is 2. The number of amides is 1. The number of hydrogen-bond acceptors (Lipinski definition) is 6. The quantitative estimate of drug-likeness (QED) is 0.676. The fraction of sp³-hybridized carbons (Fsp3) is 0.500. The fourth-order valence-corrected chi connectivity index (χ4v) is 2.24. The van der Waals surface area contributed by atoms with Crippen molar-refractivity contribution in [1.82, 2.24) is 9.97 Å². The van der Waals surface area contributed by atoms with Crippen LogP contribution in [0.25, 0.3) is 0 Å². The maximum Gasteiger partial charge on any atom is 0.236 e. The Balaban J connectivity index is 1.83. The van der Waals surface area contributed by atoms with Gasteiger partial charge in [0.15, 0.2) is 5.78 Å². The van der Waals surface area contributed by atoms with Crippen molar-refractivity contribution in [2.75, 3.05) is 42.6 Å². The minimum Gasteiger partial charge on any atom is -0.378 e. The van der Waals surface area contributed by atoms with E-state index in [1.165, 1.54) is 11.2 Å². The van der Waals surface area contributed by atoms with Crippen LogP contribution < -0.4 is 9.80 Å². The van der Waals surface area contributed by atoms with Crippen LogP contribution in [0.2, 0.25) is 0 Å². The van der Waals surface area contributed by atoms with Crippen LogP contribution in [0, 0.1) is 0 Å². The van der Waals surface area contributed by atoms with Crippen molar-refractivity contribution in [3.8, 4) is 0 Å². The van der Waals surface area contributed by atoms with Crippen LogP contribution in [0.3, 0.4) is 0 Å². The molecule has 0 saturated carbocycles. The predicted molar refractivity (Wildman–Crippen MR) is 67.0 cm³/mol. The van der Waals surface area contributed by atoms with Crippen molar-refractivity contribution in [3.05, 3.63) is 12.4 Å². The van der Waals surface area contributed by atoms with Crippen LogP contribution in [0.1, 0.15) is 6.42 Å². The average molecular weight is 262 g/mol. The third kappa shape index (κ3) is 2.41. The molecule has 0 unspecified atom stereocenters. The Bertz CT molecular complexity index is 513. The van der Waals surface area contributed by atoms with Crippen molar-refractivity contribution >= 4 is 23.3 Å². The zero-order valence-corrected chi connectivity index (χ0v) is 10.4. The molecule has 0 aliphatic carbocycles. The molecule has 0 bridgehead atoms. The van der Waals surface area contributed by atoms with Gasteiger partial charge in [-0.3, -0.25) is 14.5 Å². The molecule has 3 heterocycles. The zero-order valence-electron chi connectivity index (χ0n) is 10.4. The maximum absolute atomic E-state index is 11.7. The van der Waals surface area contributed by atoms with Gasteiger partial charge in [-0.25, -0.2) is 9.97 Å². The van der Waals surface area contributed by atoms with Gasteiger partial charge in [0.1, 0.15) is 18.0 Å². The van der Waals surface area contributed by atoms with Gasteiger partial charge >= 0.3 is 0 Å². The first-order chi connectivity index (χ1) is 9.24. The summed E-state index contributed by atoms with van der Waals surface area (Å²) in [5.74, 6) is 0.987. The van der Waals surface area contributed by atoms with E-state index in [0.717, 1.165) is 18.9 Å². The monoisotopic (exact) mass is 262 g/mol. The number of aromatic nitrogens is 2. The Kier molecular flexibility index (Phi) is 3.12. The van der Waals surface area contributed by atoms with E-state index >= 15 is 0 Å². The van der Waals surface area contributed by atoms with E-state index in [4.69, 9.17) is 4.74 Å². The van der Waals surface area contributed by atoms with Gasteiger partial charge in [0.05, 0.1) is 26.2 Å². The highest BCUT2D eigenvalue weighted by Crippen LogP contribution is 2.21. The average Bonchev–Trinajstić information content (AvgIpc) is 2.79. The Hall–Kier alpha value is -2.02. The molecule has 3 rings (SSSR count). The molecule has 2 aliphatic rings. The van der Waals surface area contributed by atoms with Crippen LogP contribution in [-0.4, -0.2) is 54.5 Å². The van der Waals surface area contributed by atoms with E-state index in [2.05, 4.69) is 14.9 Å². The minimum atomic E-state index is -0.198. The van der Waals surface area contributed by atoms with Crippen molar-refractivity contribution in [2.45, 2.75) is 6.42 Å². The molecule has 0 spiro atoms. The molecule has 0 N–H and O–H groups in total. The highest BCUT2D eigenvalue weighted by Gasteiger charge is 2.30. The van der Waals surface area contributed by atoms with E-state index in [0.29, 0.717) is 19.0 Å². The SMILES string of the molecule is O=C1CC(=O)N(c2cc(N3CCOCC3)ncn2)C1. The molecule has 1 aromatic rings. The molecule has 100 valence electrons. The van der Waals surface area contributed by atoms with E-state index < -0.39 is 0 Å². The zero-order chi connectivity index (χ0) is 13.2. The molecule has 7 nitrogen and oxygen atoms in total. The third-order valence-electron chi connectivity index (χ3n) is 3.23. The number of nitrogens with zero attached hydrogens (tertiary/aromatic N) is 4. The summed E-state index contributed by atoms with van der Waals surface area (Å²) >= 11 is 0. The first-order valence-electron chi connectivity index (χ1n) is 6.21. The van der Waals surface area contributed by atoms with Crippen LogP contribution in [0.4, 0.5) is 11.6 Å². The third-order valence-corrected chi connectivity index (χ3v) is 3.23. The summed E-state index contributed by atoms with van der Waals surface area (Å²) in [5.41, 5.74) is 0. The fourth-order valence-electron chi connectivity index (χ4n) is 2.24. The second-order valence-corrected chi connectivity index (χ2v) is 4.53. The number of anilines is 2. The summed E-state index contributed by atoms with van der Waals surface area (Å²) in [4.78, 5) is 34.8. The van der Waals surface area contributed by atoms with E-state index in [1.54, 1.807) is 6.07 Å². The summed E-state index contributed by atoms with van der Waals surface area (Å²) in [6.45, 7) is 2.98. The first kappa shape index (κ1) is 12.0. The molecule has 1 amide bonds. The number of rotatable bonds is 2. The van der Waals surface area contributed by atoms with Crippen molar-refractivity contribution in [1.29, 1.82) is 0 Å². The van der Waals surface area contributed by atoms with Gasteiger partial charge < -0.3 is 9.64 Å². The van der Waals surface area contributed by atoms with Crippen molar-refractivity contribution < 1.29 is 14.3 Å². The molecule has 7 heteroatoms. The van der Waals surface area contributed by atoms with Crippen LogP contribution in [0.5, 0.6) is 0 Å². The molecule has 0 atom stereocenters. The molecule has 2 saturated heterocycles. The highest BCUT2D eigenvalue weighted by molar-refractivity contribution is 6.14. The molecule has 0 aromatic carbocycles. The van der Waals surface area contributed by atoms with Gasteiger partial charge in [0.25, 0.3) is 0 Å². The normalized spacial score (nSPS) is 20.2. The number of morpholine rings is 1. The lowest BCUT2D eigenvalue weighted by Crippen LogP contribution is -2.37. The molecule has 0 radical (unpaired) electrons. The van der Waals surface area contributed by atoms with Crippen molar-refractivity contribution in [2.24, 2.45) is 0 Å². The standard InChI is InChI=1S/C12H14N4O3/c17-9-5-12(18)16(7-9)11-6-10(13-8-14-11)15-1-3-19-4-2-15/h6,8H,1-5,7H2. The molecule has 19 heavy (non-hydrogen) atoms. The second-order valence-electron chi connectivity index (χ2n) is 4.53. The van der Waals surface area contributed by atoms with Crippen LogP contribution >= 0.6 is 0 Å². The number of ether oxygens (including phenoxy) is 1. The minimum absolute atomic E-state index is 0.0309. The Morgan fingerprint density at radius 3 is 2.53 bits per heavy atom. The van der Waals surface area contributed by atoms with Gasteiger partial charge in [-0.05, 0) is 0 Å². The van der Waals surface area contributed by atoms with E-state index in [9.17, 15) is 9.59 Å². The van der Waals surface area contributed by atoms with Gasteiger partial charge in [0, 0.05) is 19.2 Å². The molecule has 2 aliphatic heterocycles. The second kappa shape index (κ2) is 4.93.